The normalized spacial score (nSPS) is 24.3. The third kappa shape index (κ3) is 5.59. The van der Waals surface area contributed by atoms with E-state index in [1.54, 1.807) is 11.8 Å². The van der Waals surface area contributed by atoms with E-state index in [1.165, 1.54) is 12.8 Å². The second-order valence-corrected chi connectivity index (χ2v) is 5.61. The molecule has 17 heavy (non-hydrogen) atoms. The molecule has 0 bridgehead atoms. The molecule has 0 aromatic rings. The predicted octanol–water partition coefficient (Wildman–Crippen LogP) is 1.80. The van der Waals surface area contributed by atoms with Crippen LogP contribution in [0.2, 0.25) is 0 Å². The zero-order chi connectivity index (χ0) is 12.5. The van der Waals surface area contributed by atoms with Gasteiger partial charge in [0.1, 0.15) is 0 Å². The largest absolute Gasteiger partial charge is 0.354 e. The van der Waals surface area contributed by atoms with Crippen molar-refractivity contribution in [3.05, 3.63) is 12.7 Å². The lowest BCUT2D eigenvalue weighted by molar-refractivity contribution is -0.123. The minimum atomic E-state index is 0.0260. The second kappa shape index (κ2) is 8.59. The lowest BCUT2D eigenvalue weighted by Crippen LogP contribution is -2.49. The van der Waals surface area contributed by atoms with Crippen LogP contribution in [0.5, 0.6) is 0 Å². The van der Waals surface area contributed by atoms with Crippen molar-refractivity contribution in [2.24, 2.45) is 5.92 Å². The van der Waals surface area contributed by atoms with Gasteiger partial charge < -0.3 is 10.6 Å². The Bertz CT molecular complexity index is 246. The van der Waals surface area contributed by atoms with Gasteiger partial charge in [0.15, 0.2) is 0 Å². The summed E-state index contributed by atoms with van der Waals surface area (Å²) < 4.78 is 0. The molecule has 0 aromatic heterocycles. The molecule has 0 radical (unpaired) electrons. The molecule has 98 valence electrons. The maximum atomic E-state index is 11.9. The fraction of sp³-hybridized carbons (Fsp3) is 0.769. The van der Waals surface area contributed by atoms with Gasteiger partial charge in [0.05, 0.1) is 6.04 Å². The van der Waals surface area contributed by atoms with Gasteiger partial charge in [0.2, 0.25) is 5.91 Å². The van der Waals surface area contributed by atoms with E-state index in [0.717, 1.165) is 31.0 Å². The summed E-state index contributed by atoms with van der Waals surface area (Å²) in [5, 5.41) is 6.30. The highest BCUT2D eigenvalue weighted by atomic mass is 32.2. The fourth-order valence-electron chi connectivity index (χ4n) is 2.10. The van der Waals surface area contributed by atoms with Gasteiger partial charge in [-0.2, -0.15) is 11.8 Å². The Labute approximate surface area is 109 Å². The van der Waals surface area contributed by atoms with Gasteiger partial charge in [0.25, 0.3) is 0 Å². The monoisotopic (exact) mass is 256 g/mol. The summed E-state index contributed by atoms with van der Waals surface area (Å²) in [5.41, 5.74) is 0. The minimum Gasteiger partial charge on any atom is -0.354 e. The highest BCUT2D eigenvalue weighted by molar-refractivity contribution is 7.99. The molecule has 1 aliphatic rings. The number of piperidine rings is 1. The number of hydrogen-bond donors (Lipinski definition) is 2. The maximum absolute atomic E-state index is 11.9. The molecular formula is C13H24N2OS. The van der Waals surface area contributed by atoms with Crippen molar-refractivity contribution < 1.29 is 4.79 Å². The molecule has 2 atom stereocenters. The van der Waals surface area contributed by atoms with Crippen molar-refractivity contribution >= 4 is 17.7 Å². The summed E-state index contributed by atoms with van der Waals surface area (Å²) in [4.78, 5) is 11.9. The van der Waals surface area contributed by atoms with Gasteiger partial charge in [-0.15, -0.1) is 6.58 Å². The van der Waals surface area contributed by atoms with Crippen molar-refractivity contribution in [3.8, 4) is 0 Å². The summed E-state index contributed by atoms with van der Waals surface area (Å²) >= 11 is 1.79. The molecule has 0 aliphatic carbocycles. The van der Waals surface area contributed by atoms with Crippen molar-refractivity contribution in [2.75, 3.05) is 24.6 Å². The highest BCUT2D eigenvalue weighted by Crippen LogP contribution is 2.19. The van der Waals surface area contributed by atoms with Gasteiger partial charge in [0, 0.05) is 18.1 Å². The lowest BCUT2D eigenvalue weighted by Gasteiger charge is -2.28. The first-order valence-corrected chi connectivity index (χ1v) is 7.63. The van der Waals surface area contributed by atoms with E-state index >= 15 is 0 Å². The van der Waals surface area contributed by atoms with Crippen LogP contribution in [0.15, 0.2) is 12.7 Å². The average Bonchev–Trinajstić information content (AvgIpc) is 2.38. The minimum absolute atomic E-state index is 0.0260. The van der Waals surface area contributed by atoms with Gasteiger partial charge in [-0.3, -0.25) is 4.79 Å². The summed E-state index contributed by atoms with van der Waals surface area (Å²) in [5.74, 6) is 2.79. The Morgan fingerprint density at radius 2 is 2.47 bits per heavy atom. The molecule has 2 N–H and O–H groups in total. The van der Waals surface area contributed by atoms with Crippen LogP contribution in [-0.4, -0.2) is 36.5 Å². The summed E-state index contributed by atoms with van der Waals surface area (Å²) in [7, 11) is 0. The standard InChI is InChI=1S/C13H24N2OS/c1-3-8-17-9-7-15-13(16)12-10-11(4-2)5-6-14-12/h3,11-12,14H,1,4-10H2,2H3,(H,15,16). The van der Waals surface area contributed by atoms with E-state index in [1.807, 2.05) is 6.08 Å². The number of nitrogens with one attached hydrogen (secondary N) is 2. The topological polar surface area (TPSA) is 41.1 Å². The van der Waals surface area contributed by atoms with Crippen LogP contribution in [-0.2, 0) is 4.79 Å². The van der Waals surface area contributed by atoms with Crippen LogP contribution in [0.1, 0.15) is 26.2 Å². The molecule has 1 rings (SSSR count). The third-order valence-electron chi connectivity index (χ3n) is 3.19. The molecule has 1 heterocycles. The first-order valence-electron chi connectivity index (χ1n) is 6.47. The summed E-state index contributed by atoms with van der Waals surface area (Å²) in [6.07, 6.45) is 5.26. The van der Waals surface area contributed by atoms with E-state index in [-0.39, 0.29) is 11.9 Å². The number of thioether (sulfide) groups is 1. The van der Waals surface area contributed by atoms with Crippen LogP contribution < -0.4 is 10.6 Å². The van der Waals surface area contributed by atoms with E-state index in [2.05, 4.69) is 24.1 Å². The first-order chi connectivity index (χ1) is 8.27. The molecule has 4 heteroatoms. The molecule has 0 saturated carbocycles. The van der Waals surface area contributed by atoms with Crippen molar-refractivity contribution in [3.63, 3.8) is 0 Å². The van der Waals surface area contributed by atoms with E-state index < -0.39 is 0 Å². The van der Waals surface area contributed by atoms with Crippen LogP contribution in [0.4, 0.5) is 0 Å². The summed E-state index contributed by atoms with van der Waals surface area (Å²) in [6.45, 7) is 7.60. The Kier molecular flexibility index (Phi) is 7.37. The quantitative estimate of drug-likeness (QED) is 0.539. The molecular weight excluding hydrogens is 232 g/mol. The number of carbonyl (C=O) groups is 1. The van der Waals surface area contributed by atoms with Gasteiger partial charge in [-0.25, -0.2) is 0 Å². The Hall–Kier alpha value is -0.480. The number of rotatable bonds is 7. The Balaban J connectivity index is 2.15. The highest BCUT2D eigenvalue weighted by Gasteiger charge is 2.25. The molecule has 0 aromatic carbocycles. The second-order valence-electron chi connectivity index (χ2n) is 4.46. The maximum Gasteiger partial charge on any atom is 0.237 e. The zero-order valence-corrected chi connectivity index (χ0v) is 11.5. The van der Waals surface area contributed by atoms with Crippen molar-refractivity contribution in [2.45, 2.75) is 32.2 Å². The van der Waals surface area contributed by atoms with E-state index in [9.17, 15) is 4.79 Å². The lowest BCUT2D eigenvalue weighted by atomic mass is 9.90. The molecule has 2 unspecified atom stereocenters. The molecule has 1 aliphatic heterocycles. The SMILES string of the molecule is C=CCSCCNC(=O)C1CC(CC)CCN1. The molecule has 3 nitrogen and oxygen atoms in total. The Morgan fingerprint density at radius 1 is 1.65 bits per heavy atom. The van der Waals surface area contributed by atoms with Gasteiger partial charge in [-0.1, -0.05) is 19.4 Å². The molecule has 1 saturated heterocycles. The molecule has 0 spiro atoms. The van der Waals surface area contributed by atoms with Crippen LogP contribution in [0.25, 0.3) is 0 Å². The molecule has 1 amide bonds. The van der Waals surface area contributed by atoms with Gasteiger partial charge >= 0.3 is 0 Å². The van der Waals surface area contributed by atoms with Crippen LogP contribution >= 0.6 is 11.8 Å². The number of hydrogen-bond acceptors (Lipinski definition) is 3. The van der Waals surface area contributed by atoms with Crippen molar-refractivity contribution in [1.29, 1.82) is 0 Å². The third-order valence-corrected chi connectivity index (χ3v) is 4.15. The predicted molar refractivity (Wildman–Crippen MR) is 75.3 cm³/mol. The van der Waals surface area contributed by atoms with E-state index in [0.29, 0.717) is 5.92 Å². The van der Waals surface area contributed by atoms with Crippen LogP contribution in [0.3, 0.4) is 0 Å². The Morgan fingerprint density at radius 3 is 3.18 bits per heavy atom. The first kappa shape index (κ1) is 14.6. The smallest absolute Gasteiger partial charge is 0.237 e. The number of amides is 1. The van der Waals surface area contributed by atoms with Gasteiger partial charge in [-0.05, 0) is 25.3 Å². The zero-order valence-electron chi connectivity index (χ0n) is 10.7. The van der Waals surface area contributed by atoms with E-state index in [4.69, 9.17) is 0 Å². The summed E-state index contributed by atoms with van der Waals surface area (Å²) in [6, 6.07) is 0.0260. The molecule has 1 fully saturated rings. The van der Waals surface area contributed by atoms with Crippen molar-refractivity contribution in [1.82, 2.24) is 10.6 Å². The number of carbonyl (C=O) groups excluding carboxylic acids is 1. The average molecular weight is 256 g/mol. The van der Waals surface area contributed by atoms with Crippen LogP contribution in [0, 0.1) is 5.92 Å². The fourth-order valence-corrected chi connectivity index (χ4v) is 2.68.